The molecule has 2 aromatic carbocycles. The SMILES string of the molecule is COC(=O)CC(C1=C(O)C2(Oc3c(Cl)c(OC)cc(OC)c3C2=O)C(C)CC1=O)c1coc2ccc(OC)cc2c1=O. The van der Waals surface area contributed by atoms with Gasteiger partial charge in [-0.2, -0.15) is 0 Å². The van der Waals surface area contributed by atoms with Crippen molar-refractivity contribution in [2.24, 2.45) is 5.92 Å². The number of carbonyl (C=O) groups excluding carboxylic acids is 3. The number of aliphatic hydroxyl groups is 1. The number of ketones is 2. The zero-order valence-corrected chi connectivity index (χ0v) is 24.1. The number of hydrogen-bond acceptors (Lipinski definition) is 11. The van der Waals surface area contributed by atoms with Gasteiger partial charge in [-0.1, -0.05) is 18.5 Å². The number of hydrogen-bond donors (Lipinski definition) is 1. The number of ether oxygens (including phenoxy) is 5. The van der Waals surface area contributed by atoms with Crippen LogP contribution in [0.5, 0.6) is 23.0 Å². The Labute approximate surface area is 244 Å². The average molecular weight is 599 g/mol. The van der Waals surface area contributed by atoms with E-state index in [1.165, 1.54) is 33.5 Å². The number of carbonyl (C=O) groups is 3. The molecule has 220 valence electrons. The lowest BCUT2D eigenvalue weighted by Gasteiger charge is -2.38. The molecule has 0 saturated carbocycles. The normalized spacial score (nSPS) is 20.4. The lowest BCUT2D eigenvalue weighted by atomic mass is 9.69. The average Bonchev–Trinajstić information content (AvgIpc) is 3.30. The predicted molar refractivity (Wildman–Crippen MR) is 149 cm³/mol. The molecule has 0 saturated heterocycles. The summed E-state index contributed by atoms with van der Waals surface area (Å²) < 4.78 is 32.7. The van der Waals surface area contributed by atoms with E-state index in [1.54, 1.807) is 19.1 Å². The van der Waals surface area contributed by atoms with Gasteiger partial charge in [0.1, 0.15) is 33.4 Å². The fourth-order valence-corrected chi connectivity index (χ4v) is 5.91. The van der Waals surface area contributed by atoms with Crippen LogP contribution in [0, 0.1) is 5.92 Å². The zero-order valence-electron chi connectivity index (χ0n) is 23.4. The van der Waals surface area contributed by atoms with Crippen molar-refractivity contribution in [3.63, 3.8) is 0 Å². The van der Waals surface area contributed by atoms with Crippen LogP contribution >= 0.6 is 11.6 Å². The molecule has 2 aliphatic rings. The number of fused-ring (bicyclic) bond motifs is 2. The van der Waals surface area contributed by atoms with Crippen LogP contribution in [0.15, 0.2) is 51.1 Å². The lowest BCUT2D eigenvalue weighted by Crippen LogP contribution is -2.53. The van der Waals surface area contributed by atoms with Crippen molar-refractivity contribution in [2.75, 3.05) is 28.4 Å². The number of allylic oxidation sites excluding steroid dienone is 1. The van der Waals surface area contributed by atoms with E-state index in [2.05, 4.69) is 0 Å². The highest BCUT2D eigenvalue weighted by Gasteiger charge is 2.61. The molecular weight excluding hydrogens is 572 g/mol. The Balaban J connectivity index is 1.76. The molecule has 1 aromatic heterocycles. The van der Waals surface area contributed by atoms with Gasteiger partial charge in [-0.3, -0.25) is 19.2 Å². The number of benzene rings is 2. The molecule has 1 aliphatic carbocycles. The molecule has 12 heteroatoms. The highest BCUT2D eigenvalue weighted by atomic mass is 35.5. The lowest BCUT2D eigenvalue weighted by molar-refractivity contribution is -0.140. The smallest absolute Gasteiger partial charge is 0.306 e. The van der Waals surface area contributed by atoms with E-state index in [9.17, 15) is 24.3 Å². The van der Waals surface area contributed by atoms with Crippen molar-refractivity contribution < 1.29 is 47.6 Å². The third-order valence-corrected chi connectivity index (χ3v) is 8.20. The van der Waals surface area contributed by atoms with Crippen LogP contribution in [0.2, 0.25) is 5.02 Å². The summed E-state index contributed by atoms with van der Waals surface area (Å²) in [6, 6.07) is 6.02. The van der Waals surface area contributed by atoms with Crippen LogP contribution in [-0.4, -0.2) is 56.7 Å². The standard InChI is InChI=1S/C30H27ClO11/c1-13-8-18(32)23(28(35)30(13)29(36)24-20(38-3)11-21(39-4)25(31)27(24)42-30)15(10-22(33)40-5)17-12-41-19-7-6-14(37-2)9-16(19)26(17)34/h6-7,9,11-13,15,35H,8,10H2,1-5H3. The first-order valence-electron chi connectivity index (χ1n) is 12.8. The van der Waals surface area contributed by atoms with E-state index in [0.29, 0.717) is 5.75 Å². The molecule has 42 heavy (non-hydrogen) atoms. The van der Waals surface area contributed by atoms with Crippen molar-refractivity contribution in [1.82, 2.24) is 0 Å². The maximum absolute atomic E-state index is 14.1. The molecule has 3 unspecified atom stereocenters. The molecule has 5 rings (SSSR count). The molecule has 0 amide bonds. The maximum atomic E-state index is 14.1. The molecule has 3 aromatic rings. The number of Topliss-reactive ketones (excluding diaryl/α,β-unsaturated/α-hetero) is 2. The van der Waals surface area contributed by atoms with E-state index < -0.39 is 52.6 Å². The van der Waals surface area contributed by atoms with Gasteiger partial charge >= 0.3 is 5.97 Å². The van der Waals surface area contributed by atoms with Crippen molar-refractivity contribution in [2.45, 2.75) is 31.3 Å². The molecular formula is C30H27ClO11. The minimum absolute atomic E-state index is 0.0350. The van der Waals surface area contributed by atoms with Crippen molar-refractivity contribution in [3.05, 3.63) is 68.2 Å². The van der Waals surface area contributed by atoms with E-state index in [1.807, 2.05) is 0 Å². The van der Waals surface area contributed by atoms with Gasteiger partial charge < -0.3 is 33.2 Å². The summed E-state index contributed by atoms with van der Waals surface area (Å²) in [6.07, 6.45) is 0.339. The van der Waals surface area contributed by atoms with E-state index >= 15 is 0 Å². The van der Waals surface area contributed by atoms with E-state index in [0.717, 1.165) is 13.4 Å². The van der Waals surface area contributed by atoms with Gasteiger partial charge in [-0.15, -0.1) is 0 Å². The molecule has 1 N–H and O–H groups in total. The summed E-state index contributed by atoms with van der Waals surface area (Å²) in [6.45, 7) is 1.57. The summed E-state index contributed by atoms with van der Waals surface area (Å²) in [7, 11) is 5.30. The van der Waals surface area contributed by atoms with Gasteiger partial charge in [0.25, 0.3) is 0 Å². The van der Waals surface area contributed by atoms with Gasteiger partial charge in [0.2, 0.25) is 11.4 Å². The fraction of sp³-hybridized carbons (Fsp3) is 0.333. The second kappa shape index (κ2) is 10.7. The first-order chi connectivity index (χ1) is 20.0. The second-order valence-corrected chi connectivity index (χ2v) is 10.3. The number of esters is 1. The highest BCUT2D eigenvalue weighted by Crippen LogP contribution is 2.55. The molecule has 0 bridgehead atoms. The van der Waals surface area contributed by atoms with Crippen LogP contribution in [0.25, 0.3) is 11.0 Å². The molecule has 2 heterocycles. The Kier molecular flexibility index (Phi) is 7.40. The fourth-order valence-electron chi connectivity index (χ4n) is 5.65. The highest BCUT2D eigenvalue weighted by molar-refractivity contribution is 6.35. The summed E-state index contributed by atoms with van der Waals surface area (Å²) >= 11 is 6.51. The maximum Gasteiger partial charge on any atom is 0.306 e. The van der Waals surface area contributed by atoms with Crippen LogP contribution < -0.4 is 24.4 Å². The third-order valence-electron chi connectivity index (χ3n) is 7.84. The third kappa shape index (κ3) is 4.18. The van der Waals surface area contributed by atoms with Crippen molar-refractivity contribution in [1.29, 1.82) is 0 Å². The number of halogens is 1. The summed E-state index contributed by atoms with van der Waals surface area (Å²) in [4.78, 5) is 54.1. The van der Waals surface area contributed by atoms with Crippen LogP contribution in [0.1, 0.15) is 41.6 Å². The van der Waals surface area contributed by atoms with Crippen LogP contribution in [-0.2, 0) is 14.3 Å². The Morgan fingerprint density at radius 3 is 2.45 bits per heavy atom. The van der Waals surface area contributed by atoms with Crippen LogP contribution in [0.4, 0.5) is 0 Å². The van der Waals surface area contributed by atoms with Gasteiger partial charge in [0, 0.05) is 35.5 Å². The summed E-state index contributed by atoms with van der Waals surface area (Å²) in [5.74, 6) is -4.52. The Morgan fingerprint density at radius 1 is 1.10 bits per heavy atom. The second-order valence-electron chi connectivity index (χ2n) is 9.97. The number of rotatable bonds is 7. The minimum atomic E-state index is -2.11. The van der Waals surface area contributed by atoms with Gasteiger partial charge in [-0.05, 0) is 18.2 Å². The Morgan fingerprint density at radius 2 is 1.81 bits per heavy atom. The topological polar surface area (TPSA) is 148 Å². The predicted octanol–water partition coefficient (Wildman–Crippen LogP) is 4.55. The molecule has 0 radical (unpaired) electrons. The molecule has 1 spiro atoms. The van der Waals surface area contributed by atoms with Crippen molar-refractivity contribution in [3.8, 4) is 23.0 Å². The van der Waals surface area contributed by atoms with Gasteiger partial charge in [0.15, 0.2) is 22.7 Å². The molecule has 0 fully saturated rings. The first-order valence-corrected chi connectivity index (χ1v) is 13.2. The quantitative estimate of drug-likeness (QED) is 0.382. The molecule has 1 aliphatic heterocycles. The van der Waals surface area contributed by atoms with E-state index in [-0.39, 0.29) is 56.4 Å². The van der Waals surface area contributed by atoms with Gasteiger partial charge in [-0.25, -0.2) is 0 Å². The minimum Gasteiger partial charge on any atom is -0.507 e. The van der Waals surface area contributed by atoms with E-state index in [4.69, 9.17) is 39.7 Å². The van der Waals surface area contributed by atoms with Crippen molar-refractivity contribution >= 4 is 40.1 Å². The number of aliphatic hydroxyl groups excluding tert-OH is 1. The summed E-state index contributed by atoms with van der Waals surface area (Å²) in [5, 5.41) is 12.0. The first kappa shape index (κ1) is 29.0. The summed E-state index contributed by atoms with van der Waals surface area (Å²) in [5.41, 5.74) is -2.94. The zero-order chi connectivity index (χ0) is 30.5. The number of methoxy groups -OCH3 is 4. The molecule has 3 atom stereocenters. The Bertz CT molecular complexity index is 1740. The largest absolute Gasteiger partial charge is 0.507 e. The van der Waals surface area contributed by atoms with Crippen LogP contribution in [0.3, 0.4) is 0 Å². The molecule has 11 nitrogen and oxygen atoms in total. The van der Waals surface area contributed by atoms with Gasteiger partial charge in [0.05, 0.1) is 46.5 Å². The Hall–Kier alpha value is -4.51. The monoisotopic (exact) mass is 598 g/mol.